The van der Waals surface area contributed by atoms with Gasteiger partial charge in [-0.1, -0.05) is 69.3 Å². The zero-order valence-electron chi connectivity index (χ0n) is 13.9. The molecule has 1 atom stereocenters. The molecule has 0 radical (unpaired) electrons. The molecule has 0 aliphatic rings. The molecular formula is C21H22N2. The van der Waals surface area contributed by atoms with Gasteiger partial charge in [0, 0.05) is 6.54 Å². The van der Waals surface area contributed by atoms with Crippen molar-refractivity contribution in [2.75, 3.05) is 0 Å². The lowest BCUT2D eigenvalue weighted by molar-refractivity contribution is 0.319. The lowest BCUT2D eigenvalue weighted by Gasteiger charge is -2.26. The fourth-order valence-corrected chi connectivity index (χ4v) is 3.05. The average Bonchev–Trinajstić information content (AvgIpc) is 2.53. The molecule has 1 N–H and O–H groups in total. The Morgan fingerprint density at radius 2 is 1.48 bits per heavy atom. The zero-order chi connectivity index (χ0) is 16.4. The van der Waals surface area contributed by atoms with Crippen LogP contribution >= 0.6 is 0 Å². The van der Waals surface area contributed by atoms with E-state index in [2.05, 4.69) is 86.8 Å². The summed E-state index contributed by atoms with van der Waals surface area (Å²) in [4.78, 5) is 0. The minimum atomic E-state index is -0.180. The molecule has 3 aromatic rings. The summed E-state index contributed by atoms with van der Waals surface area (Å²) in [6.07, 6.45) is 0. The molecule has 0 saturated carbocycles. The van der Waals surface area contributed by atoms with Gasteiger partial charge in [-0.2, -0.15) is 5.26 Å². The molecule has 0 aromatic heterocycles. The maximum atomic E-state index is 9.45. The van der Waals surface area contributed by atoms with Gasteiger partial charge in [-0.3, -0.25) is 5.32 Å². The van der Waals surface area contributed by atoms with Crippen LogP contribution in [-0.2, 0) is 6.54 Å². The smallest absolute Gasteiger partial charge is 0.100 e. The van der Waals surface area contributed by atoms with Crippen LogP contribution in [0.3, 0.4) is 0 Å². The van der Waals surface area contributed by atoms with E-state index in [1.54, 1.807) is 0 Å². The average molecular weight is 302 g/mol. The van der Waals surface area contributed by atoms with Gasteiger partial charge in [0.15, 0.2) is 0 Å². The minimum absolute atomic E-state index is 0.0882. The van der Waals surface area contributed by atoms with Crippen LogP contribution in [0.5, 0.6) is 0 Å². The van der Waals surface area contributed by atoms with Gasteiger partial charge in [0.05, 0.1) is 6.07 Å². The Kier molecular flexibility index (Phi) is 4.07. The molecule has 0 bridgehead atoms. The van der Waals surface area contributed by atoms with E-state index in [1.807, 2.05) is 0 Å². The van der Waals surface area contributed by atoms with Gasteiger partial charge in [-0.15, -0.1) is 0 Å². The number of rotatable bonds is 3. The molecule has 2 heteroatoms. The largest absolute Gasteiger partial charge is 0.297 e. The fraction of sp³-hybridized carbons (Fsp3) is 0.286. The second-order valence-corrected chi connectivity index (χ2v) is 7.11. The summed E-state index contributed by atoms with van der Waals surface area (Å²) in [7, 11) is 0. The van der Waals surface area contributed by atoms with Crippen molar-refractivity contribution < 1.29 is 0 Å². The molecule has 3 rings (SSSR count). The number of hydrogen-bond acceptors (Lipinski definition) is 2. The first-order valence-corrected chi connectivity index (χ1v) is 8.03. The standard InChI is InChI=1S/C21H22N2/c1-21(2,3)20(13-22)23-14-19-17-10-6-4-8-15(17)12-16-9-5-7-11-18(16)19/h4-12,20,23H,14H2,1-3H3/t20-/m0/s1. The summed E-state index contributed by atoms with van der Waals surface area (Å²) in [5, 5.41) is 17.9. The Morgan fingerprint density at radius 1 is 0.957 bits per heavy atom. The molecule has 23 heavy (non-hydrogen) atoms. The molecule has 0 aliphatic carbocycles. The Labute approximate surface area is 137 Å². The molecule has 0 fully saturated rings. The molecular weight excluding hydrogens is 280 g/mol. The van der Waals surface area contributed by atoms with Crippen LogP contribution in [0.1, 0.15) is 26.3 Å². The Morgan fingerprint density at radius 3 is 1.96 bits per heavy atom. The Bertz CT molecular complexity index is 828. The van der Waals surface area contributed by atoms with Crippen molar-refractivity contribution >= 4 is 21.5 Å². The Balaban J connectivity index is 2.09. The summed E-state index contributed by atoms with van der Waals surface area (Å²) in [5.74, 6) is 0. The zero-order valence-corrected chi connectivity index (χ0v) is 13.9. The number of benzene rings is 3. The number of nitrogens with one attached hydrogen (secondary N) is 1. The van der Waals surface area contributed by atoms with Crippen molar-refractivity contribution in [3.63, 3.8) is 0 Å². The third-order valence-electron chi connectivity index (χ3n) is 4.36. The number of nitrogens with zero attached hydrogens (tertiary/aromatic N) is 1. The molecule has 116 valence electrons. The van der Waals surface area contributed by atoms with E-state index in [0.29, 0.717) is 6.54 Å². The van der Waals surface area contributed by atoms with E-state index in [1.165, 1.54) is 27.1 Å². The van der Waals surface area contributed by atoms with Crippen LogP contribution in [0.25, 0.3) is 21.5 Å². The second kappa shape index (κ2) is 6.02. The van der Waals surface area contributed by atoms with Crippen molar-refractivity contribution in [2.24, 2.45) is 5.41 Å². The maximum absolute atomic E-state index is 9.45. The van der Waals surface area contributed by atoms with E-state index in [9.17, 15) is 5.26 Å². The predicted octanol–water partition coefficient (Wildman–Crippen LogP) is 5.02. The van der Waals surface area contributed by atoms with Crippen molar-refractivity contribution in [2.45, 2.75) is 33.4 Å². The van der Waals surface area contributed by atoms with Gasteiger partial charge in [0.25, 0.3) is 0 Å². The highest BCUT2D eigenvalue weighted by atomic mass is 14.9. The van der Waals surface area contributed by atoms with Crippen LogP contribution in [0, 0.1) is 16.7 Å². The number of fused-ring (bicyclic) bond motifs is 2. The van der Waals surface area contributed by atoms with E-state index in [4.69, 9.17) is 0 Å². The SMILES string of the molecule is CC(C)(C)[C@H](C#N)NCc1c2ccccc2cc2ccccc12. The van der Waals surface area contributed by atoms with Crippen LogP contribution in [0.15, 0.2) is 54.6 Å². The summed E-state index contributed by atoms with van der Waals surface area (Å²) in [6, 6.07) is 21.4. The normalized spacial score (nSPS) is 13.1. The molecule has 2 nitrogen and oxygen atoms in total. The molecule has 0 saturated heterocycles. The Hall–Kier alpha value is -2.37. The van der Waals surface area contributed by atoms with Crippen molar-refractivity contribution in [1.29, 1.82) is 5.26 Å². The number of hydrogen-bond donors (Lipinski definition) is 1. The predicted molar refractivity (Wildman–Crippen MR) is 97.1 cm³/mol. The first-order chi connectivity index (χ1) is 11.0. The second-order valence-electron chi connectivity index (χ2n) is 7.11. The van der Waals surface area contributed by atoms with E-state index >= 15 is 0 Å². The lowest BCUT2D eigenvalue weighted by atomic mass is 9.87. The van der Waals surface area contributed by atoms with Crippen LogP contribution in [0.4, 0.5) is 0 Å². The van der Waals surface area contributed by atoms with Crippen molar-refractivity contribution in [3.8, 4) is 6.07 Å². The van der Waals surface area contributed by atoms with Crippen LogP contribution in [-0.4, -0.2) is 6.04 Å². The van der Waals surface area contributed by atoms with E-state index in [0.717, 1.165) is 0 Å². The van der Waals surface area contributed by atoms with E-state index in [-0.39, 0.29) is 11.5 Å². The van der Waals surface area contributed by atoms with Gasteiger partial charge in [-0.25, -0.2) is 0 Å². The van der Waals surface area contributed by atoms with Crippen molar-refractivity contribution in [1.82, 2.24) is 5.32 Å². The van der Waals surface area contributed by atoms with Gasteiger partial charge in [-0.05, 0) is 38.6 Å². The highest BCUT2D eigenvalue weighted by molar-refractivity contribution is 6.02. The lowest BCUT2D eigenvalue weighted by Crippen LogP contribution is -2.38. The summed E-state index contributed by atoms with van der Waals surface area (Å²) >= 11 is 0. The molecule has 3 aromatic carbocycles. The molecule has 0 amide bonds. The van der Waals surface area contributed by atoms with Gasteiger partial charge in [0.2, 0.25) is 0 Å². The molecule has 0 heterocycles. The molecule has 0 spiro atoms. The van der Waals surface area contributed by atoms with Crippen LogP contribution in [0.2, 0.25) is 0 Å². The first kappa shape index (κ1) is 15.5. The third kappa shape index (κ3) is 3.06. The maximum Gasteiger partial charge on any atom is 0.100 e. The van der Waals surface area contributed by atoms with Crippen molar-refractivity contribution in [3.05, 3.63) is 60.2 Å². The van der Waals surface area contributed by atoms with Gasteiger partial charge >= 0.3 is 0 Å². The summed E-state index contributed by atoms with van der Waals surface area (Å²) < 4.78 is 0. The molecule has 0 aliphatic heterocycles. The van der Waals surface area contributed by atoms with Gasteiger partial charge in [0.1, 0.15) is 6.04 Å². The van der Waals surface area contributed by atoms with Crippen LogP contribution < -0.4 is 5.32 Å². The molecule has 0 unspecified atom stereocenters. The monoisotopic (exact) mass is 302 g/mol. The highest BCUT2D eigenvalue weighted by Crippen LogP contribution is 2.29. The summed E-state index contributed by atoms with van der Waals surface area (Å²) in [6.45, 7) is 6.97. The summed E-state index contributed by atoms with van der Waals surface area (Å²) in [5.41, 5.74) is 1.18. The first-order valence-electron chi connectivity index (χ1n) is 8.03. The quantitative estimate of drug-likeness (QED) is 0.689. The highest BCUT2D eigenvalue weighted by Gasteiger charge is 2.24. The topological polar surface area (TPSA) is 35.8 Å². The third-order valence-corrected chi connectivity index (χ3v) is 4.36. The number of nitriles is 1. The minimum Gasteiger partial charge on any atom is -0.297 e. The van der Waals surface area contributed by atoms with E-state index < -0.39 is 0 Å². The fourth-order valence-electron chi connectivity index (χ4n) is 3.05. The van der Waals surface area contributed by atoms with Gasteiger partial charge < -0.3 is 0 Å².